The van der Waals surface area contributed by atoms with Crippen LogP contribution in [0.1, 0.15) is 97.8 Å². The number of carboxylic acid groups (broad SMARTS) is 1. The summed E-state index contributed by atoms with van der Waals surface area (Å²) in [6, 6.07) is 0. The third-order valence-electron chi connectivity index (χ3n) is 4.23. The smallest absolute Gasteiger partial charge is 0.303 e. The van der Waals surface area contributed by atoms with Crippen molar-refractivity contribution in [3.63, 3.8) is 0 Å². The van der Waals surface area contributed by atoms with Gasteiger partial charge >= 0.3 is 5.97 Å². The fraction of sp³-hybridized carbons (Fsp3) is 0.682. The van der Waals surface area contributed by atoms with Gasteiger partial charge in [0.25, 0.3) is 0 Å². The first kappa shape index (κ1) is 22.7. The highest BCUT2D eigenvalue weighted by molar-refractivity contribution is 5.66. The molecule has 0 saturated carbocycles. The Hall–Kier alpha value is -1.31. The van der Waals surface area contributed by atoms with Gasteiger partial charge in [0.1, 0.15) is 0 Å². The Kier molecular flexibility index (Phi) is 15.6. The molecule has 0 aliphatic rings. The van der Waals surface area contributed by atoms with Gasteiger partial charge in [0.15, 0.2) is 0 Å². The predicted octanol–water partition coefficient (Wildman–Crippen LogP) is 7.22. The van der Waals surface area contributed by atoms with Crippen LogP contribution in [-0.4, -0.2) is 11.1 Å². The third kappa shape index (κ3) is 17.1. The molecule has 0 fully saturated rings. The van der Waals surface area contributed by atoms with Crippen molar-refractivity contribution in [2.45, 2.75) is 97.8 Å². The average molecular weight is 335 g/mol. The fourth-order valence-electron chi connectivity index (χ4n) is 2.58. The van der Waals surface area contributed by atoms with E-state index in [1.54, 1.807) is 0 Å². The number of hydrogen-bond acceptors (Lipinski definition) is 1. The summed E-state index contributed by atoms with van der Waals surface area (Å²) in [5, 5.41) is 8.58. The van der Waals surface area contributed by atoms with Crippen LogP contribution in [0.15, 0.2) is 35.5 Å². The molecule has 0 atom stereocenters. The molecule has 0 unspecified atom stereocenters. The van der Waals surface area contributed by atoms with E-state index >= 15 is 0 Å². The maximum absolute atomic E-state index is 10.4. The summed E-state index contributed by atoms with van der Waals surface area (Å²) >= 11 is 0. The van der Waals surface area contributed by atoms with E-state index < -0.39 is 5.97 Å². The quantitative estimate of drug-likeness (QED) is 0.253. The lowest BCUT2D eigenvalue weighted by Crippen LogP contribution is -1.93. The van der Waals surface area contributed by atoms with Crippen LogP contribution in [0, 0.1) is 0 Å². The van der Waals surface area contributed by atoms with Crippen molar-refractivity contribution in [1.29, 1.82) is 0 Å². The van der Waals surface area contributed by atoms with Crippen molar-refractivity contribution < 1.29 is 9.90 Å². The summed E-state index contributed by atoms with van der Waals surface area (Å²) in [4.78, 5) is 10.4. The van der Waals surface area contributed by atoms with Crippen molar-refractivity contribution in [3.05, 3.63) is 35.5 Å². The first-order valence-electron chi connectivity index (χ1n) is 9.74. The number of unbranched alkanes of at least 4 members (excludes halogenated alkanes) is 6. The Morgan fingerprint density at radius 3 is 2.17 bits per heavy atom. The van der Waals surface area contributed by atoms with E-state index in [2.05, 4.69) is 45.1 Å². The molecule has 0 spiro atoms. The minimum absolute atomic E-state index is 0.311. The van der Waals surface area contributed by atoms with Crippen LogP contribution in [0.2, 0.25) is 0 Å². The van der Waals surface area contributed by atoms with Gasteiger partial charge in [-0.05, 0) is 58.8 Å². The number of carbonyl (C=O) groups is 1. The molecule has 0 aromatic rings. The molecule has 0 amide bonds. The van der Waals surface area contributed by atoms with Crippen LogP contribution >= 0.6 is 0 Å². The molecule has 1 N–H and O–H groups in total. The number of carboxylic acids is 1. The Morgan fingerprint density at radius 2 is 1.50 bits per heavy atom. The van der Waals surface area contributed by atoms with E-state index in [1.165, 1.54) is 43.3 Å². The normalized spacial score (nSPS) is 13.0. The molecule has 0 aromatic carbocycles. The molecule has 0 radical (unpaired) electrons. The lowest BCUT2D eigenvalue weighted by atomic mass is 10.1. The maximum atomic E-state index is 10.4. The van der Waals surface area contributed by atoms with Gasteiger partial charge in [0.05, 0.1) is 0 Å². The van der Waals surface area contributed by atoms with Crippen LogP contribution in [0.3, 0.4) is 0 Å². The van der Waals surface area contributed by atoms with Gasteiger partial charge in [0, 0.05) is 6.42 Å². The summed E-state index contributed by atoms with van der Waals surface area (Å²) < 4.78 is 0. The molecule has 0 saturated heterocycles. The lowest BCUT2D eigenvalue weighted by molar-refractivity contribution is -0.137. The maximum Gasteiger partial charge on any atom is 0.303 e. The highest BCUT2D eigenvalue weighted by atomic mass is 16.4. The minimum Gasteiger partial charge on any atom is -0.481 e. The molecule has 24 heavy (non-hydrogen) atoms. The highest BCUT2D eigenvalue weighted by Gasteiger charge is 1.97. The summed E-state index contributed by atoms with van der Waals surface area (Å²) in [6.07, 6.45) is 22.1. The van der Waals surface area contributed by atoms with Crippen LogP contribution in [-0.2, 0) is 4.79 Å². The number of hydrogen-bond donors (Lipinski definition) is 1. The molecule has 2 nitrogen and oxygen atoms in total. The molecule has 0 bridgehead atoms. The molecule has 0 aliphatic carbocycles. The lowest BCUT2D eigenvalue weighted by Gasteiger charge is -2.02. The summed E-state index contributed by atoms with van der Waals surface area (Å²) in [6.45, 7) is 6.65. The van der Waals surface area contributed by atoms with Crippen molar-refractivity contribution in [3.8, 4) is 0 Å². The number of aliphatic carboxylic acids is 1. The van der Waals surface area contributed by atoms with Crippen LogP contribution in [0.4, 0.5) is 0 Å². The zero-order chi connectivity index (χ0) is 18.0. The summed E-state index contributed by atoms with van der Waals surface area (Å²) in [5.41, 5.74) is 2.90. The van der Waals surface area contributed by atoms with E-state index in [1.807, 2.05) is 0 Å². The molecule has 0 rings (SSSR count). The van der Waals surface area contributed by atoms with Gasteiger partial charge in [-0.1, -0.05) is 68.1 Å². The second kappa shape index (κ2) is 16.5. The first-order valence-corrected chi connectivity index (χ1v) is 9.74. The largest absolute Gasteiger partial charge is 0.481 e. The molecule has 0 heterocycles. The van der Waals surface area contributed by atoms with Gasteiger partial charge in [-0.2, -0.15) is 0 Å². The average Bonchev–Trinajstić information content (AvgIpc) is 2.53. The standard InChI is InChI=1S/C22H38O2/c1-4-5-6-7-8-11-15-20(2)17-14-18-21(3)16-12-9-10-13-19-22(23)24/h8,11,17-18H,4-7,9-10,12-16,19H2,1-3H3,(H,23,24)/b11-8+,20-17+,21-18+. The second-order valence-electron chi connectivity index (χ2n) is 6.82. The van der Waals surface area contributed by atoms with Gasteiger partial charge in [-0.25, -0.2) is 0 Å². The molecule has 138 valence electrons. The van der Waals surface area contributed by atoms with Crippen LogP contribution in [0.25, 0.3) is 0 Å². The van der Waals surface area contributed by atoms with E-state index in [9.17, 15) is 4.79 Å². The van der Waals surface area contributed by atoms with Gasteiger partial charge in [-0.3, -0.25) is 4.79 Å². The summed E-state index contributed by atoms with van der Waals surface area (Å²) in [7, 11) is 0. The van der Waals surface area contributed by atoms with E-state index in [-0.39, 0.29) is 0 Å². The molecule has 0 aliphatic heterocycles. The predicted molar refractivity (Wildman–Crippen MR) is 105 cm³/mol. The molecular formula is C22H38O2. The molecular weight excluding hydrogens is 296 g/mol. The molecule has 0 aromatic heterocycles. The first-order chi connectivity index (χ1) is 11.6. The Morgan fingerprint density at radius 1 is 0.833 bits per heavy atom. The third-order valence-corrected chi connectivity index (χ3v) is 4.23. The van der Waals surface area contributed by atoms with Crippen LogP contribution in [0.5, 0.6) is 0 Å². The van der Waals surface area contributed by atoms with Gasteiger partial charge in [-0.15, -0.1) is 0 Å². The topological polar surface area (TPSA) is 37.3 Å². The minimum atomic E-state index is -0.677. The number of rotatable bonds is 15. The number of allylic oxidation sites excluding steroid dienone is 6. The van der Waals surface area contributed by atoms with E-state index in [4.69, 9.17) is 5.11 Å². The highest BCUT2D eigenvalue weighted by Crippen LogP contribution is 2.12. The van der Waals surface area contributed by atoms with Crippen molar-refractivity contribution >= 4 is 5.97 Å². The zero-order valence-corrected chi connectivity index (χ0v) is 16.2. The van der Waals surface area contributed by atoms with E-state index in [0.717, 1.165) is 38.5 Å². The fourth-order valence-corrected chi connectivity index (χ4v) is 2.58. The van der Waals surface area contributed by atoms with E-state index in [0.29, 0.717) is 6.42 Å². The second-order valence-corrected chi connectivity index (χ2v) is 6.82. The molecule has 2 heteroatoms. The Bertz CT molecular complexity index is 402. The Balaban J connectivity index is 3.72. The Labute approximate surface area is 149 Å². The van der Waals surface area contributed by atoms with Crippen molar-refractivity contribution in [1.82, 2.24) is 0 Å². The van der Waals surface area contributed by atoms with Gasteiger partial charge < -0.3 is 5.11 Å². The van der Waals surface area contributed by atoms with Crippen LogP contribution < -0.4 is 0 Å². The van der Waals surface area contributed by atoms with Crippen molar-refractivity contribution in [2.75, 3.05) is 0 Å². The SMILES string of the molecule is CCCCC/C=C/C/C(C)=C/C/C=C(\C)CCCCCCC(=O)O. The zero-order valence-electron chi connectivity index (χ0n) is 16.2. The van der Waals surface area contributed by atoms with Gasteiger partial charge in [0.2, 0.25) is 0 Å². The summed E-state index contributed by atoms with van der Waals surface area (Å²) in [5.74, 6) is -0.677. The van der Waals surface area contributed by atoms with Crippen molar-refractivity contribution in [2.24, 2.45) is 0 Å². The monoisotopic (exact) mass is 334 g/mol.